The van der Waals surface area contributed by atoms with Crippen molar-refractivity contribution in [2.75, 3.05) is 52.4 Å². The van der Waals surface area contributed by atoms with Crippen LogP contribution < -0.4 is 0 Å². The average molecular weight is 624 g/mol. The quantitative estimate of drug-likeness (QED) is 0.0804. The van der Waals surface area contributed by atoms with E-state index in [1.54, 1.807) is 0 Å². The van der Waals surface area contributed by atoms with Gasteiger partial charge in [0.25, 0.3) is 0 Å². The van der Waals surface area contributed by atoms with E-state index in [2.05, 4.69) is 74.1 Å². The first-order valence-corrected chi connectivity index (χ1v) is 21.2. The summed E-state index contributed by atoms with van der Waals surface area (Å²) in [5.41, 5.74) is 0. The van der Waals surface area contributed by atoms with Crippen LogP contribution >= 0.6 is 21.4 Å². The Morgan fingerprint density at radius 3 is 0.553 bits per heavy atom. The minimum absolute atomic E-state index is 1.21. The van der Waals surface area contributed by atoms with Crippen molar-refractivity contribution in [3.05, 3.63) is 0 Å². The van der Waals surface area contributed by atoms with Crippen molar-refractivity contribution in [2.24, 2.45) is 0 Å². The van der Waals surface area contributed by atoms with E-state index >= 15 is 0 Å². The molecule has 0 aromatic heterocycles. The summed E-state index contributed by atoms with van der Waals surface area (Å²) in [6.07, 6.45) is 20.4. The van der Waals surface area contributed by atoms with Crippen molar-refractivity contribution in [3.63, 3.8) is 0 Å². The molecule has 0 amide bonds. The average Bonchev–Trinajstić information content (AvgIpc) is 2.93. The molecule has 0 aliphatic carbocycles. The van der Waals surface area contributed by atoms with Crippen LogP contribution in [0, 0.1) is 0 Å². The molecule has 0 aliphatic rings. The van der Waals surface area contributed by atoms with Gasteiger partial charge in [-0.3, -0.25) is 0 Å². The van der Waals surface area contributed by atoms with Gasteiger partial charge >= 0.3 is 251 Å². The van der Waals surface area contributed by atoms with E-state index in [-0.39, 0.29) is 0 Å². The van der Waals surface area contributed by atoms with E-state index in [9.17, 15) is 0 Å². The van der Waals surface area contributed by atoms with Crippen LogP contribution in [0.5, 0.6) is 0 Å². The zero-order valence-corrected chi connectivity index (χ0v) is 30.1. The Labute approximate surface area is 249 Å². The molecule has 0 rings (SSSR count). The number of rotatable bonds is 28. The van der Waals surface area contributed by atoms with Gasteiger partial charge in [0.1, 0.15) is 0 Å². The molecule has 0 N–H and O–H groups in total. The molecule has 38 heavy (non-hydrogen) atoms. The number of hydrogen-bond acceptors (Lipinski definition) is 4. The summed E-state index contributed by atoms with van der Waals surface area (Å²) in [6.45, 7) is 28.7. The van der Waals surface area contributed by atoms with Crippen molar-refractivity contribution >= 4 is 21.4 Å². The van der Waals surface area contributed by atoms with E-state index in [4.69, 9.17) is 15.5 Å². The molecule has 0 aliphatic heterocycles. The van der Waals surface area contributed by atoms with Gasteiger partial charge in [-0.2, -0.15) is 0 Å². The van der Waals surface area contributed by atoms with Crippen LogP contribution in [0.3, 0.4) is 0 Å². The molecule has 6 heteroatoms. The summed E-state index contributed by atoms with van der Waals surface area (Å²) in [7, 11) is 0. The summed E-state index contributed by atoms with van der Waals surface area (Å²) in [6, 6.07) is 0. The molecule has 0 saturated heterocycles. The SMILES string of the molecule is CCCCN(CCCC)P(Br)(N(CCCC)CCCC)(N(CCCC)CCCC)N(CCCC)CCCC. The van der Waals surface area contributed by atoms with Gasteiger partial charge < -0.3 is 0 Å². The van der Waals surface area contributed by atoms with Gasteiger partial charge in [-0.1, -0.05) is 0 Å². The number of nitrogens with zero attached hydrogens (tertiary/aromatic N) is 4. The third-order valence-electron chi connectivity index (χ3n) is 8.10. The Kier molecular flexibility index (Phi) is 23.8. The van der Waals surface area contributed by atoms with Gasteiger partial charge in [-0.15, -0.1) is 0 Å². The van der Waals surface area contributed by atoms with Gasteiger partial charge in [0.2, 0.25) is 0 Å². The maximum atomic E-state index is 5.03. The second-order valence-corrected chi connectivity index (χ2v) is 19.2. The summed E-state index contributed by atoms with van der Waals surface area (Å²) in [4.78, 5) is 0. The van der Waals surface area contributed by atoms with Gasteiger partial charge in [-0.05, 0) is 0 Å². The van der Waals surface area contributed by atoms with Crippen LogP contribution in [-0.4, -0.2) is 71.0 Å². The molecular formula is C32H72BrN4P. The normalized spacial score (nSPS) is 13.8. The molecule has 4 nitrogen and oxygen atoms in total. The summed E-state index contributed by atoms with van der Waals surface area (Å²) in [5.74, 6) is -3.00. The first-order valence-electron chi connectivity index (χ1n) is 17.2. The molecule has 0 aromatic rings. The Hall–Kier alpha value is 0.750. The topological polar surface area (TPSA) is 13.0 Å². The monoisotopic (exact) mass is 622 g/mol. The van der Waals surface area contributed by atoms with Gasteiger partial charge in [-0.25, -0.2) is 0 Å². The third-order valence-corrected chi connectivity index (χ3v) is 19.0. The number of halogens is 1. The van der Waals surface area contributed by atoms with Crippen molar-refractivity contribution in [1.82, 2.24) is 18.7 Å². The summed E-state index contributed by atoms with van der Waals surface area (Å²) in [5, 5.41) is 0. The number of unbranched alkanes of at least 4 members (excludes halogenated alkanes) is 8. The first kappa shape index (κ1) is 38.8. The van der Waals surface area contributed by atoms with E-state index < -0.39 is 5.91 Å². The molecule has 0 unspecified atom stereocenters. The van der Waals surface area contributed by atoms with Crippen LogP contribution in [0.2, 0.25) is 0 Å². The Morgan fingerprint density at radius 1 is 0.316 bits per heavy atom. The van der Waals surface area contributed by atoms with Crippen molar-refractivity contribution in [1.29, 1.82) is 0 Å². The van der Waals surface area contributed by atoms with Crippen molar-refractivity contribution in [2.45, 2.75) is 158 Å². The van der Waals surface area contributed by atoms with E-state index in [0.29, 0.717) is 0 Å². The third kappa shape index (κ3) is 11.2. The van der Waals surface area contributed by atoms with Crippen molar-refractivity contribution in [3.8, 4) is 0 Å². The standard InChI is InChI=1S/C32H72BrN4P/c1-9-17-25-34(26-18-10-2)38(33,35(27-19-11-3)28-20-12-4,36(29-21-13-5)30-22-14-6)37(31-23-15-7)32-24-16-8/h9-32H2,1-8H3. The van der Waals surface area contributed by atoms with Gasteiger partial charge in [0, 0.05) is 0 Å². The molecule has 0 atom stereocenters. The minimum atomic E-state index is -3.00. The molecule has 0 heterocycles. The zero-order valence-electron chi connectivity index (χ0n) is 27.6. The maximum absolute atomic E-state index is 5.03. The van der Waals surface area contributed by atoms with Crippen LogP contribution in [-0.2, 0) is 0 Å². The fourth-order valence-corrected chi connectivity index (χ4v) is 15.5. The second-order valence-electron chi connectivity index (χ2n) is 11.5. The summed E-state index contributed by atoms with van der Waals surface area (Å²) < 4.78 is 12.3. The second kappa shape index (κ2) is 23.3. The zero-order chi connectivity index (χ0) is 28.7. The van der Waals surface area contributed by atoms with Crippen LogP contribution in [0.1, 0.15) is 158 Å². The van der Waals surface area contributed by atoms with Gasteiger partial charge in [0.05, 0.1) is 0 Å². The fraction of sp³-hybridized carbons (Fsp3) is 1.00. The number of hydrogen-bond donors (Lipinski definition) is 0. The molecule has 0 saturated carbocycles. The Balaban J connectivity index is 7.58. The van der Waals surface area contributed by atoms with Gasteiger partial charge in [0.15, 0.2) is 0 Å². The van der Waals surface area contributed by atoms with Crippen LogP contribution in [0.15, 0.2) is 0 Å². The summed E-state index contributed by atoms with van der Waals surface area (Å²) >= 11 is 5.03. The predicted molar refractivity (Wildman–Crippen MR) is 181 cm³/mol. The first-order chi connectivity index (χ1) is 18.4. The molecular weight excluding hydrogens is 551 g/mol. The molecule has 0 fully saturated rings. The molecule has 0 spiro atoms. The molecule has 232 valence electrons. The molecule has 0 aromatic carbocycles. The predicted octanol–water partition coefficient (Wildman–Crippen LogP) is 11.1. The Morgan fingerprint density at radius 2 is 0.447 bits per heavy atom. The van der Waals surface area contributed by atoms with E-state index in [0.717, 1.165) is 0 Å². The van der Waals surface area contributed by atoms with E-state index in [1.807, 2.05) is 0 Å². The van der Waals surface area contributed by atoms with E-state index in [1.165, 1.54) is 155 Å². The molecule has 0 bridgehead atoms. The van der Waals surface area contributed by atoms with Crippen molar-refractivity contribution < 1.29 is 0 Å². The van der Waals surface area contributed by atoms with Crippen LogP contribution in [0.4, 0.5) is 0 Å². The molecule has 0 radical (unpaired) electrons. The fourth-order valence-electron chi connectivity index (χ4n) is 5.62. The Bertz CT molecular complexity index is 412. The van der Waals surface area contributed by atoms with Crippen LogP contribution in [0.25, 0.3) is 0 Å².